The third kappa shape index (κ3) is 3.38. The third-order valence-corrected chi connectivity index (χ3v) is 5.03. The Morgan fingerprint density at radius 3 is 3.04 bits per heavy atom. The largest absolute Gasteiger partial charge is 0.378 e. The highest BCUT2D eigenvalue weighted by atomic mass is 19.1. The van der Waals surface area contributed by atoms with Crippen molar-refractivity contribution in [1.29, 1.82) is 0 Å². The molecule has 0 aliphatic carbocycles. The maximum Gasteiger partial charge on any atom is 0.233 e. The van der Waals surface area contributed by atoms with E-state index >= 15 is 0 Å². The minimum Gasteiger partial charge on any atom is -0.378 e. The number of aromatic nitrogens is 1. The lowest BCUT2D eigenvalue weighted by molar-refractivity contribution is -0.121. The van der Waals surface area contributed by atoms with E-state index in [9.17, 15) is 9.18 Å². The van der Waals surface area contributed by atoms with Crippen molar-refractivity contribution in [3.8, 4) is 0 Å². The van der Waals surface area contributed by atoms with Gasteiger partial charge in [-0.1, -0.05) is 0 Å². The number of nitrogens with two attached hydrogens (primary N) is 1. The monoisotopic (exact) mass is 365 g/mol. The summed E-state index contributed by atoms with van der Waals surface area (Å²) in [5, 5.41) is 7.70. The number of morpholine rings is 1. The fourth-order valence-electron chi connectivity index (χ4n) is 3.76. The first-order valence-corrected chi connectivity index (χ1v) is 8.87. The molecule has 0 saturated carbocycles. The molecule has 4 unspecified atom stereocenters. The summed E-state index contributed by atoms with van der Waals surface area (Å²) in [5.74, 6) is -0.759. The summed E-state index contributed by atoms with van der Waals surface area (Å²) >= 11 is 0. The number of nitrogens with zero attached hydrogens (tertiary/aromatic N) is 3. The molecule has 1 aromatic heterocycles. The standard InChI is InChI=1S/C16H24FN7O2/c17-10-7-20-15-13(14(18)22-24(15)9-10)16(25)21-11-8-19-2-1-12(11)23-3-5-26-6-4-23/h1-2,8,10,13-15,20,22H,3-7,9,18H2,(H,21,25). The van der Waals surface area contributed by atoms with Crippen LogP contribution in [-0.4, -0.2) is 73.8 Å². The third-order valence-electron chi connectivity index (χ3n) is 5.03. The number of carbonyl (C=O) groups excluding carboxylic acids is 1. The molecule has 0 radical (unpaired) electrons. The van der Waals surface area contributed by atoms with Crippen LogP contribution in [-0.2, 0) is 9.53 Å². The van der Waals surface area contributed by atoms with Crippen LogP contribution in [0.3, 0.4) is 0 Å². The molecular weight excluding hydrogens is 341 g/mol. The Kier molecular flexibility index (Phi) is 5.00. The van der Waals surface area contributed by atoms with Crippen molar-refractivity contribution in [1.82, 2.24) is 20.7 Å². The fourth-order valence-corrected chi connectivity index (χ4v) is 3.76. The molecule has 3 aliphatic rings. The highest BCUT2D eigenvalue weighted by Crippen LogP contribution is 2.28. The van der Waals surface area contributed by atoms with Gasteiger partial charge in [-0.2, -0.15) is 0 Å². The maximum atomic E-state index is 13.6. The summed E-state index contributed by atoms with van der Waals surface area (Å²) in [5.41, 5.74) is 10.6. The average molecular weight is 365 g/mol. The molecule has 3 fully saturated rings. The Morgan fingerprint density at radius 1 is 1.42 bits per heavy atom. The number of anilines is 2. The normalized spacial score (nSPS) is 32.3. The number of nitrogens with one attached hydrogen (secondary N) is 3. The molecular formula is C16H24FN7O2. The Bertz CT molecular complexity index is 657. The summed E-state index contributed by atoms with van der Waals surface area (Å²) in [6.07, 6.45) is 1.44. The second-order valence-corrected chi connectivity index (χ2v) is 6.76. The lowest BCUT2D eigenvalue weighted by Gasteiger charge is -2.34. The Hall–Kier alpha value is -1.85. The lowest BCUT2D eigenvalue weighted by Crippen LogP contribution is -2.58. The number of ether oxygens (including phenoxy) is 1. The zero-order valence-corrected chi connectivity index (χ0v) is 14.4. The number of carbonyl (C=O) groups is 1. The number of hydrogen-bond donors (Lipinski definition) is 4. The number of fused-ring (bicyclic) bond motifs is 1. The molecule has 4 atom stereocenters. The first kappa shape index (κ1) is 17.6. The highest BCUT2D eigenvalue weighted by Gasteiger charge is 2.47. The zero-order valence-electron chi connectivity index (χ0n) is 14.4. The van der Waals surface area contributed by atoms with Gasteiger partial charge in [-0.25, -0.2) is 14.8 Å². The van der Waals surface area contributed by atoms with Crippen molar-refractivity contribution in [2.24, 2.45) is 11.7 Å². The number of alkyl halides is 1. The van der Waals surface area contributed by atoms with Crippen LogP contribution in [0.5, 0.6) is 0 Å². The van der Waals surface area contributed by atoms with Gasteiger partial charge in [0.25, 0.3) is 0 Å². The number of hydrazine groups is 1. The van der Waals surface area contributed by atoms with Crippen LogP contribution in [0.2, 0.25) is 0 Å². The number of hydrogen-bond acceptors (Lipinski definition) is 8. The second kappa shape index (κ2) is 7.41. The van der Waals surface area contributed by atoms with Crippen LogP contribution in [0.4, 0.5) is 15.8 Å². The molecule has 9 nitrogen and oxygen atoms in total. The Balaban J connectivity index is 1.50. The smallest absolute Gasteiger partial charge is 0.233 e. The first-order valence-electron chi connectivity index (χ1n) is 8.87. The topological polar surface area (TPSA) is 108 Å². The molecule has 10 heteroatoms. The average Bonchev–Trinajstić information content (AvgIpc) is 2.97. The number of halogens is 1. The second-order valence-electron chi connectivity index (χ2n) is 6.76. The van der Waals surface area contributed by atoms with E-state index in [0.717, 1.165) is 18.8 Å². The van der Waals surface area contributed by atoms with E-state index in [-0.39, 0.29) is 25.2 Å². The van der Waals surface area contributed by atoms with Crippen molar-refractivity contribution in [3.05, 3.63) is 18.5 Å². The molecule has 3 aliphatic heterocycles. The fraction of sp³-hybridized carbons (Fsp3) is 0.625. The summed E-state index contributed by atoms with van der Waals surface area (Å²) in [4.78, 5) is 19.2. The molecule has 142 valence electrons. The van der Waals surface area contributed by atoms with Gasteiger partial charge in [-0.15, -0.1) is 0 Å². The van der Waals surface area contributed by atoms with Crippen molar-refractivity contribution in [2.75, 3.05) is 49.6 Å². The first-order chi connectivity index (χ1) is 12.6. The van der Waals surface area contributed by atoms with Crippen molar-refractivity contribution in [2.45, 2.75) is 18.5 Å². The van der Waals surface area contributed by atoms with Gasteiger partial charge in [0.05, 0.1) is 49.0 Å². The van der Waals surface area contributed by atoms with Crippen LogP contribution in [0.1, 0.15) is 0 Å². The van der Waals surface area contributed by atoms with E-state index in [0.29, 0.717) is 18.9 Å². The molecule has 4 rings (SSSR count). The van der Waals surface area contributed by atoms with Gasteiger partial charge in [-0.3, -0.25) is 15.1 Å². The summed E-state index contributed by atoms with van der Waals surface area (Å²) in [7, 11) is 0. The Labute approximate surface area is 151 Å². The molecule has 26 heavy (non-hydrogen) atoms. The molecule has 0 bridgehead atoms. The SMILES string of the molecule is NC1NN2CC(F)CNC2C1C(=O)Nc1cnccc1N1CCOCC1. The van der Waals surface area contributed by atoms with E-state index in [1.165, 1.54) is 0 Å². The predicted molar refractivity (Wildman–Crippen MR) is 93.9 cm³/mol. The van der Waals surface area contributed by atoms with Crippen LogP contribution < -0.4 is 26.7 Å². The van der Waals surface area contributed by atoms with Crippen LogP contribution in [0.15, 0.2) is 18.5 Å². The van der Waals surface area contributed by atoms with Crippen LogP contribution in [0, 0.1) is 5.92 Å². The maximum absolute atomic E-state index is 13.6. The predicted octanol–water partition coefficient (Wildman–Crippen LogP) is -1.15. The molecule has 3 saturated heterocycles. The summed E-state index contributed by atoms with van der Waals surface area (Å²) < 4.78 is 19.0. The van der Waals surface area contributed by atoms with E-state index < -0.39 is 18.3 Å². The van der Waals surface area contributed by atoms with Gasteiger partial charge in [0.15, 0.2) is 0 Å². The minimum atomic E-state index is -0.987. The molecule has 0 spiro atoms. The van der Waals surface area contributed by atoms with E-state index in [1.807, 2.05) is 6.07 Å². The van der Waals surface area contributed by atoms with E-state index in [4.69, 9.17) is 10.5 Å². The lowest BCUT2D eigenvalue weighted by atomic mass is 10.0. The quantitative estimate of drug-likeness (QED) is 0.532. The summed E-state index contributed by atoms with van der Waals surface area (Å²) in [6.45, 7) is 3.24. The highest BCUT2D eigenvalue weighted by molar-refractivity contribution is 5.96. The van der Waals surface area contributed by atoms with Gasteiger partial charge in [-0.05, 0) is 6.07 Å². The van der Waals surface area contributed by atoms with Crippen molar-refractivity contribution < 1.29 is 13.9 Å². The number of rotatable bonds is 3. The molecule has 1 aromatic rings. The van der Waals surface area contributed by atoms with E-state index in [2.05, 4.69) is 25.9 Å². The van der Waals surface area contributed by atoms with Gasteiger partial charge in [0.1, 0.15) is 6.17 Å². The molecule has 4 heterocycles. The molecule has 0 aromatic carbocycles. The van der Waals surface area contributed by atoms with E-state index in [1.54, 1.807) is 17.4 Å². The zero-order chi connectivity index (χ0) is 18.1. The van der Waals surface area contributed by atoms with Gasteiger partial charge in [0, 0.05) is 32.4 Å². The van der Waals surface area contributed by atoms with Crippen LogP contribution >= 0.6 is 0 Å². The molecule has 1 amide bonds. The van der Waals surface area contributed by atoms with Crippen molar-refractivity contribution in [3.63, 3.8) is 0 Å². The van der Waals surface area contributed by atoms with Gasteiger partial charge < -0.3 is 20.7 Å². The number of amides is 1. The van der Waals surface area contributed by atoms with Crippen LogP contribution in [0.25, 0.3) is 0 Å². The van der Waals surface area contributed by atoms with Gasteiger partial charge in [0.2, 0.25) is 5.91 Å². The molecule has 5 N–H and O–H groups in total. The summed E-state index contributed by atoms with van der Waals surface area (Å²) in [6, 6.07) is 1.88. The minimum absolute atomic E-state index is 0.209. The Morgan fingerprint density at radius 2 is 2.23 bits per heavy atom. The number of pyridine rings is 1. The van der Waals surface area contributed by atoms with Crippen molar-refractivity contribution >= 4 is 17.3 Å². The van der Waals surface area contributed by atoms with Gasteiger partial charge >= 0.3 is 0 Å².